The van der Waals surface area contributed by atoms with Crippen molar-refractivity contribution >= 4 is 11.6 Å². The number of benzene rings is 2. The summed E-state index contributed by atoms with van der Waals surface area (Å²) in [4.78, 5) is 14.6. The van der Waals surface area contributed by atoms with Gasteiger partial charge in [-0.3, -0.25) is 9.69 Å². The zero-order valence-electron chi connectivity index (χ0n) is 11.7. The molecule has 0 unspecified atom stereocenters. The molecule has 1 atom stereocenters. The average molecular weight is 267 g/mol. The Morgan fingerprint density at radius 1 is 1.15 bits per heavy atom. The number of hydrogen-bond donors (Lipinski definition) is 0. The van der Waals surface area contributed by atoms with Gasteiger partial charge in [-0.2, -0.15) is 0 Å². The van der Waals surface area contributed by atoms with Crippen molar-refractivity contribution in [1.29, 1.82) is 0 Å². The fraction of sp³-hybridized carbons (Fsp3) is 0.235. The molecule has 1 aliphatic heterocycles. The van der Waals surface area contributed by atoms with Gasteiger partial charge in [0, 0.05) is 5.56 Å². The van der Waals surface area contributed by atoms with Crippen molar-refractivity contribution in [2.75, 3.05) is 11.5 Å². The fourth-order valence-corrected chi connectivity index (χ4v) is 2.45. The van der Waals surface area contributed by atoms with Crippen LogP contribution in [0.4, 0.5) is 5.69 Å². The summed E-state index contributed by atoms with van der Waals surface area (Å²) in [6, 6.07) is 15.4. The summed E-state index contributed by atoms with van der Waals surface area (Å²) in [5.41, 5.74) is 2.70. The summed E-state index contributed by atoms with van der Waals surface area (Å²) in [6.07, 6.45) is 0. The van der Waals surface area contributed by atoms with Gasteiger partial charge < -0.3 is 4.74 Å². The third-order valence-corrected chi connectivity index (χ3v) is 3.56. The van der Waals surface area contributed by atoms with Crippen molar-refractivity contribution in [3.63, 3.8) is 0 Å². The monoisotopic (exact) mass is 267 g/mol. The number of carbonyl (C=O) groups is 1. The molecular weight excluding hydrogens is 250 g/mol. The Hall–Kier alpha value is -2.29. The molecule has 1 amide bonds. The number of fused-ring (bicyclic) bond motifs is 1. The second kappa shape index (κ2) is 5.00. The number of anilines is 1. The molecule has 3 heteroatoms. The number of ether oxygens (including phenoxy) is 1. The van der Waals surface area contributed by atoms with Crippen LogP contribution in [0.2, 0.25) is 0 Å². The van der Waals surface area contributed by atoms with Gasteiger partial charge >= 0.3 is 0 Å². The summed E-state index contributed by atoms with van der Waals surface area (Å²) in [5, 5.41) is 0. The molecule has 0 aliphatic carbocycles. The van der Waals surface area contributed by atoms with E-state index in [4.69, 9.17) is 4.74 Å². The number of hydrogen-bond acceptors (Lipinski definition) is 2. The van der Waals surface area contributed by atoms with Crippen LogP contribution in [0.1, 0.15) is 22.8 Å². The van der Waals surface area contributed by atoms with E-state index in [9.17, 15) is 4.79 Å². The third kappa shape index (κ3) is 2.16. The van der Waals surface area contributed by atoms with E-state index in [1.54, 1.807) is 0 Å². The molecule has 0 saturated carbocycles. The molecule has 0 radical (unpaired) electrons. The van der Waals surface area contributed by atoms with Gasteiger partial charge in [-0.15, -0.1) is 0 Å². The molecule has 2 aromatic rings. The van der Waals surface area contributed by atoms with E-state index in [-0.39, 0.29) is 11.9 Å². The first kappa shape index (κ1) is 12.7. The van der Waals surface area contributed by atoms with E-state index in [1.165, 1.54) is 0 Å². The van der Waals surface area contributed by atoms with Gasteiger partial charge in [0.1, 0.15) is 12.4 Å². The Morgan fingerprint density at radius 3 is 2.60 bits per heavy atom. The molecule has 1 heterocycles. The first-order valence-corrected chi connectivity index (χ1v) is 6.79. The molecule has 102 valence electrons. The van der Waals surface area contributed by atoms with Crippen LogP contribution in [0.3, 0.4) is 0 Å². The highest BCUT2D eigenvalue weighted by molar-refractivity contribution is 6.07. The smallest absolute Gasteiger partial charge is 0.258 e. The lowest BCUT2D eigenvalue weighted by Crippen LogP contribution is -2.45. The normalized spacial score (nSPS) is 17.3. The lowest BCUT2D eigenvalue weighted by Gasteiger charge is -2.35. The minimum atomic E-state index is 0.0215. The zero-order valence-corrected chi connectivity index (χ0v) is 11.7. The molecule has 3 nitrogen and oxygen atoms in total. The molecule has 0 bridgehead atoms. The molecule has 0 N–H and O–H groups in total. The quantitative estimate of drug-likeness (QED) is 0.792. The largest absolute Gasteiger partial charge is 0.489 e. The maximum Gasteiger partial charge on any atom is 0.258 e. The standard InChI is InChI=1S/C17H17NO2/c1-12-7-9-14(10-8-12)17(19)18-13(2)11-20-16-6-4-3-5-15(16)18/h3-10,13H,11H2,1-2H3/t13-/m1/s1. The number of nitrogens with zero attached hydrogens (tertiary/aromatic N) is 1. The van der Waals surface area contributed by atoms with Crippen LogP contribution < -0.4 is 9.64 Å². The minimum absolute atomic E-state index is 0.0215. The summed E-state index contributed by atoms with van der Waals surface area (Å²) in [6.45, 7) is 4.54. The molecule has 0 saturated heterocycles. The Bertz CT molecular complexity index is 634. The second-order valence-corrected chi connectivity index (χ2v) is 5.17. The highest BCUT2D eigenvalue weighted by Gasteiger charge is 2.29. The maximum absolute atomic E-state index is 12.8. The SMILES string of the molecule is Cc1ccc(C(=O)N2c3ccccc3OC[C@H]2C)cc1. The van der Waals surface area contributed by atoms with Crippen LogP contribution in [0.5, 0.6) is 5.75 Å². The molecule has 0 spiro atoms. The summed E-state index contributed by atoms with van der Waals surface area (Å²) < 4.78 is 5.68. The minimum Gasteiger partial charge on any atom is -0.489 e. The number of rotatable bonds is 1. The van der Waals surface area contributed by atoms with Crippen molar-refractivity contribution in [2.24, 2.45) is 0 Å². The molecule has 3 rings (SSSR count). The Balaban J connectivity index is 2.00. The fourth-order valence-electron chi connectivity index (χ4n) is 2.45. The van der Waals surface area contributed by atoms with Crippen molar-refractivity contribution in [3.8, 4) is 5.75 Å². The second-order valence-electron chi connectivity index (χ2n) is 5.17. The molecule has 0 aromatic heterocycles. The number of amides is 1. The highest BCUT2D eigenvalue weighted by Crippen LogP contribution is 2.34. The van der Waals surface area contributed by atoms with E-state index in [0.29, 0.717) is 12.2 Å². The van der Waals surface area contributed by atoms with Crippen molar-refractivity contribution in [3.05, 3.63) is 59.7 Å². The molecule has 0 fully saturated rings. The Kier molecular flexibility index (Phi) is 3.18. The predicted molar refractivity (Wildman–Crippen MR) is 79.4 cm³/mol. The summed E-state index contributed by atoms with van der Waals surface area (Å²) in [7, 11) is 0. The molecule has 2 aromatic carbocycles. The van der Waals surface area contributed by atoms with Gasteiger partial charge in [0.2, 0.25) is 0 Å². The van der Waals surface area contributed by atoms with Gasteiger partial charge in [0.15, 0.2) is 0 Å². The zero-order chi connectivity index (χ0) is 14.1. The number of aryl methyl sites for hydroxylation is 1. The van der Waals surface area contributed by atoms with Crippen molar-refractivity contribution in [2.45, 2.75) is 19.9 Å². The number of para-hydroxylation sites is 2. The van der Waals surface area contributed by atoms with E-state index < -0.39 is 0 Å². The molecule has 20 heavy (non-hydrogen) atoms. The van der Waals surface area contributed by atoms with Gasteiger partial charge in [-0.1, -0.05) is 29.8 Å². The van der Waals surface area contributed by atoms with E-state index in [1.807, 2.05) is 67.3 Å². The Labute approximate surface area is 118 Å². The van der Waals surface area contributed by atoms with E-state index >= 15 is 0 Å². The van der Waals surface area contributed by atoms with Crippen molar-refractivity contribution in [1.82, 2.24) is 0 Å². The highest BCUT2D eigenvalue weighted by atomic mass is 16.5. The number of carbonyl (C=O) groups excluding carboxylic acids is 1. The topological polar surface area (TPSA) is 29.5 Å². The van der Waals surface area contributed by atoms with Gasteiger partial charge in [-0.05, 0) is 38.1 Å². The molecular formula is C17H17NO2. The first-order valence-electron chi connectivity index (χ1n) is 6.79. The van der Waals surface area contributed by atoms with Gasteiger partial charge in [0.25, 0.3) is 5.91 Å². The Morgan fingerprint density at radius 2 is 1.85 bits per heavy atom. The molecule has 1 aliphatic rings. The van der Waals surface area contributed by atoms with Crippen LogP contribution in [0.25, 0.3) is 0 Å². The lowest BCUT2D eigenvalue weighted by molar-refractivity contribution is 0.0961. The lowest BCUT2D eigenvalue weighted by atomic mass is 10.1. The van der Waals surface area contributed by atoms with E-state index in [2.05, 4.69) is 0 Å². The van der Waals surface area contributed by atoms with Gasteiger partial charge in [-0.25, -0.2) is 0 Å². The summed E-state index contributed by atoms with van der Waals surface area (Å²) in [5.74, 6) is 0.791. The van der Waals surface area contributed by atoms with Crippen LogP contribution in [-0.2, 0) is 0 Å². The van der Waals surface area contributed by atoms with Crippen LogP contribution in [0.15, 0.2) is 48.5 Å². The van der Waals surface area contributed by atoms with Gasteiger partial charge in [0.05, 0.1) is 11.7 Å². The third-order valence-electron chi connectivity index (χ3n) is 3.56. The maximum atomic E-state index is 12.8. The van der Waals surface area contributed by atoms with Crippen LogP contribution in [-0.4, -0.2) is 18.6 Å². The predicted octanol–water partition coefficient (Wildman–Crippen LogP) is 3.42. The van der Waals surface area contributed by atoms with Crippen LogP contribution >= 0.6 is 0 Å². The summed E-state index contributed by atoms with van der Waals surface area (Å²) >= 11 is 0. The first-order chi connectivity index (χ1) is 9.66. The van der Waals surface area contributed by atoms with E-state index in [0.717, 1.165) is 17.0 Å². The average Bonchev–Trinajstić information content (AvgIpc) is 2.47. The van der Waals surface area contributed by atoms with Crippen LogP contribution in [0, 0.1) is 6.92 Å². The van der Waals surface area contributed by atoms with Crippen molar-refractivity contribution < 1.29 is 9.53 Å².